The third kappa shape index (κ3) is 4.77. The zero-order chi connectivity index (χ0) is 26.1. The van der Waals surface area contributed by atoms with Crippen LogP contribution < -0.4 is 19.1 Å². The van der Waals surface area contributed by atoms with E-state index in [1.807, 2.05) is 49.4 Å². The van der Waals surface area contributed by atoms with E-state index in [2.05, 4.69) is 13.8 Å². The summed E-state index contributed by atoms with van der Waals surface area (Å²) in [6.07, 6.45) is 0. The summed E-state index contributed by atoms with van der Waals surface area (Å²) in [6, 6.07) is 18.8. The Labute approximate surface area is 215 Å². The van der Waals surface area contributed by atoms with Crippen molar-refractivity contribution in [2.75, 3.05) is 24.7 Å². The van der Waals surface area contributed by atoms with Crippen LogP contribution >= 0.6 is 0 Å². The Balaban J connectivity index is 1.62. The fraction of sp³-hybridized carbons (Fsp3) is 0.267. The van der Waals surface area contributed by atoms with Gasteiger partial charge < -0.3 is 19.3 Å². The van der Waals surface area contributed by atoms with Gasteiger partial charge in [-0.3, -0.25) is 14.5 Å². The molecule has 1 atom stereocenters. The van der Waals surface area contributed by atoms with Gasteiger partial charge in [0.1, 0.15) is 24.7 Å². The minimum atomic E-state index is -0.825. The predicted molar refractivity (Wildman–Crippen MR) is 140 cm³/mol. The number of Topliss-reactive ketones (excluding diaryl/α,β-unsaturated/α-hetero) is 1. The second kappa shape index (κ2) is 10.0. The van der Waals surface area contributed by atoms with Crippen LogP contribution in [0.3, 0.4) is 0 Å². The maximum Gasteiger partial charge on any atom is 0.300 e. The third-order valence-electron chi connectivity index (χ3n) is 6.32. The summed E-state index contributed by atoms with van der Waals surface area (Å²) >= 11 is 0. The molecular formula is C30H29NO6. The van der Waals surface area contributed by atoms with E-state index in [4.69, 9.17) is 14.2 Å². The molecule has 2 aliphatic rings. The zero-order valence-electron chi connectivity index (χ0n) is 21.1. The molecule has 1 saturated heterocycles. The van der Waals surface area contributed by atoms with Crippen LogP contribution in [0.5, 0.6) is 17.2 Å². The number of aliphatic hydroxyl groups is 1. The van der Waals surface area contributed by atoms with Gasteiger partial charge in [0, 0.05) is 11.3 Å². The van der Waals surface area contributed by atoms with Gasteiger partial charge in [-0.1, -0.05) is 38.1 Å². The number of anilines is 1. The van der Waals surface area contributed by atoms with E-state index in [1.165, 1.54) is 4.90 Å². The summed E-state index contributed by atoms with van der Waals surface area (Å²) in [5.41, 5.74) is 2.58. The average Bonchev–Trinajstić information content (AvgIpc) is 3.17. The largest absolute Gasteiger partial charge is 0.507 e. The van der Waals surface area contributed by atoms with E-state index in [-0.39, 0.29) is 11.3 Å². The molecule has 3 aromatic rings. The number of aliphatic hydroxyl groups excluding tert-OH is 1. The molecule has 2 aliphatic heterocycles. The number of fused-ring (bicyclic) bond motifs is 1. The number of ether oxygens (including phenoxy) is 3. The van der Waals surface area contributed by atoms with E-state index >= 15 is 0 Å². The average molecular weight is 500 g/mol. The van der Waals surface area contributed by atoms with E-state index in [9.17, 15) is 14.7 Å². The maximum absolute atomic E-state index is 13.4. The van der Waals surface area contributed by atoms with Crippen LogP contribution in [0.15, 0.2) is 72.3 Å². The molecule has 0 bridgehead atoms. The second-order valence-corrected chi connectivity index (χ2v) is 9.64. The fourth-order valence-corrected chi connectivity index (χ4v) is 4.55. The lowest BCUT2D eigenvalue weighted by molar-refractivity contribution is -0.132. The molecule has 0 aliphatic carbocycles. The molecule has 1 unspecified atom stereocenters. The summed E-state index contributed by atoms with van der Waals surface area (Å²) in [5.74, 6) is 0.392. The number of rotatable bonds is 6. The van der Waals surface area contributed by atoms with Crippen molar-refractivity contribution in [3.63, 3.8) is 0 Å². The SMILES string of the molecule is Cc1cccc(N2C(=O)C(=O)/C(=C(\O)c3ccc4c(c3)OCCO4)C2c2ccc(OCC(C)C)cc2)c1. The summed E-state index contributed by atoms with van der Waals surface area (Å²) in [5, 5.41) is 11.4. The van der Waals surface area contributed by atoms with Crippen LogP contribution in [0.1, 0.15) is 36.6 Å². The molecule has 0 saturated carbocycles. The molecule has 1 N–H and O–H groups in total. The molecule has 2 heterocycles. The Morgan fingerprint density at radius 2 is 1.73 bits per heavy atom. The number of carbonyl (C=O) groups is 2. The normalized spacial score (nSPS) is 18.4. The Bertz CT molecular complexity index is 1380. The first-order valence-electron chi connectivity index (χ1n) is 12.3. The van der Waals surface area contributed by atoms with Gasteiger partial charge in [0.05, 0.1) is 18.2 Å². The first kappa shape index (κ1) is 24.4. The monoisotopic (exact) mass is 499 g/mol. The lowest BCUT2D eigenvalue weighted by Crippen LogP contribution is -2.29. The minimum Gasteiger partial charge on any atom is -0.507 e. The Morgan fingerprint density at radius 3 is 2.43 bits per heavy atom. The van der Waals surface area contributed by atoms with Crippen LogP contribution in [-0.4, -0.2) is 36.6 Å². The number of amides is 1. The quantitative estimate of drug-likeness (QED) is 0.277. The topological polar surface area (TPSA) is 85.3 Å². The first-order chi connectivity index (χ1) is 17.8. The van der Waals surface area contributed by atoms with Crippen molar-refractivity contribution in [2.24, 2.45) is 5.92 Å². The smallest absolute Gasteiger partial charge is 0.300 e. The molecule has 1 amide bonds. The molecule has 5 rings (SSSR count). The molecule has 3 aromatic carbocycles. The van der Waals surface area contributed by atoms with Crippen LogP contribution in [-0.2, 0) is 9.59 Å². The predicted octanol–water partition coefficient (Wildman–Crippen LogP) is 5.43. The van der Waals surface area contributed by atoms with E-state index in [0.29, 0.717) is 59.8 Å². The molecule has 7 nitrogen and oxygen atoms in total. The Hall–Kier alpha value is -4.26. The standard InChI is InChI=1S/C30H29NO6/c1-18(2)17-37-23-10-7-20(8-11-23)27-26(28(32)21-9-12-24-25(16-21)36-14-13-35-24)29(33)30(34)31(27)22-6-4-5-19(3)15-22/h4-12,15-16,18,27,32H,13-14,17H2,1-3H3/b28-26-. The number of hydrogen-bond acceptors (Lipinski definition) is 6. The maximum atomic E-state index is 13.4. The van der Waals surface area contributed by atoms with Crippen molar-refractivity contribution < 1.29 is 28.9 Å². The van der Waals surface area contributed by atoms with Gasteiger partial charge in [0.2, 0.25) is 0 Å². The summed E-state index contributed by atoms with van der Waals surface area (Å²) < 4.78 is 17.1. The number of benzene rings is 3. The van der Waals surface area contributed by atoms with Gasteiger partial charge in [-0.15, -0.1) is 0 Å². The number of nitrogens with zero attached hydrogens (tertiary/aromatic N) is 1. The Morgan fingerprint density at radius 1 is 1.00 bits per heavy atom. The molecule has 37 heavy (non-hydrogen) atoms. The molecule has 190 valence electrons. The van der Waals surface area contributed by atoms with Crippen molar-refractivity contribution in [2.45, 2.75) is 26.8 Å². The van der Waals surface area contributed by atoms with Crippen LogP contribution in [0.2, 0.25) is 0 Å². The van der Waals surface area contributed by atoms with Crippen molar-refractivity contribution in [1.82, 2.24) is 0 Å². The summed E-state index contributed by atoms with van der Waals surface area (Å²) in [7, 11) is 0. The van der Waals surface area contributed by atoms with Crippen LogP contribution in [0.4, 0.5) is 5.69 Å². The highest BCUT2D eigenvalue weighted by molar-refractivity contribution is 6.51. The summed E-state index contributed by atoms with van der Waals surface area (Å²) in [4.78, 5) is 28.2. The third-order valence-corrected chi connectivity index (χ3v) is 6.32. The second-order valence-electron chi connectivity index (χ2n) is 9.64. The van der Waals surface area contributed by atoms with Crippen molar-refractivity contribution in [3.8, 4) is 17.2 Å². The highest BCUT2D eigenvalue weighted by Crippen LogP contribution is 2.43. The van der Waals surface area contributed by atoms with Crippen molar-refractivity contribution >= 4 is 23.1 Å². The van der Waals surface area contributed by atoms with Gasteiger partial charge in [-0.2, -0.15) is 0 Å². The highest BCUT2D eigenvalue weighted by atomic mass is 16.6. The molecule has 1 fully saturated rings. The number of ketones is 1. The minimum absolute atomic E-state index is 0.0130. The number of carbonyl (C=O) groups excluding carboxylic acids is 2. The van der Waals surface area contributed by atoms with E-state index < -0.39 is 17.7 Å². The van der Waals surface area contributed by atoms with Gasteiger partial charge >= 0.3 is 0 Å². The van der Waals surface area contributed by atoms with Gasteiger partial charge in [-0.05, 0) is 66.4 Å². The lowest BCUT2D eigenvalue weighted by atomic mass is 9.95. The lowest BCUT2D eigenvalue weighted by Gasteiger charge is -2.26. The van der Waals surface area contributed by atoms with Gasteiger partial charge in [0.15, 0.2) is 11.5 Å². The van der Waals surface area contributed by atoms with Gasteiger partial charge in [0.25, 0.3) is 11.7 Å². The van der Waals surface area contributed by atoms with Crippen molar-refractivity contribution in [3.05, 3.63) is 89.0 Å². The van der Waals surface area contributed by atoms with E-state index in [1.54, 1.807) is 24.3 Å². The first-order valence-corrected chi connectivity index (χ1v) is 12.3. The Kier molecular flexibility index (Phi) is 6.61. The zero-order valence-corrected chi connectivity index (χ0v) is 21.1. The summed E-state index contributed by atoms with van der Waals surface area (Å²) in [6.45, 7) is 7.47. The molecule has 0 spiro atoms. The molecular weight excluding hydrogens is 470 g/mol. The molecule has 7 heteroatoms. The highest BCUT2D eigenvalue weighted by Gasteiger charge is 2.47. The van der Waals surface area contributed by atoms with Crippen LogP contribution in [0.25, 0.3) is 5.76 Å². The van der Waals surface area contributed by atoms with E-state index in [0.717, 1.165) is 5.56 Å². The van der Waals surface area contributed by atoms with Gasteiger partial charge in [-0.25, -0.2) is 0 Å². The van der Waals surface area contributed by atoms with Crippen molar-refractivity contribution in [1.29, 1.82) is 0 Å². The number of hydrogen-bond donors (Lipinski definition) is 1. The molecule has 0 radical (unpaired) electrons. The van der Waals surface area contributed by atoms with Crippen LogP contribution in [0, 0.1) is 12.8 Å². The number of aryl methyl sites for hydroxylation is 1. The molecule has 0 aromatic heterocycles. The fourth-order valence-electron chi connectivity index (χ4n) is 4.55.